The summed E-state index contributed by atoms with van der Waals surface area (Å²) in [5.41, 5.74) is 6.88. The van der Waals surface area contributed by atoms with Crippen molar-refractivity contribution >= 4 is 0 Å². The molecule has 0 aliphatic rings. The highest BCUT2D eigenvalue weighted by Gasteiger charge is 2.32. The highest BCUT2D eigenvalue weighted by molar-refractivity contribution is 5.23. The van der Waals surface area contributed by atoms with E-state index in [-0.39, 0.29) is 18.5 Å². The number of halogens is 3. The van der Waals surface area contributed by atoms with E-state index in [0.717, 1.165) is 6.20 Å². The fraction of sp³-hybridized carbons (Fsp3) is 0.500. The maximum atomic E-state index is 12.4. The summed E-state index contributed by atoms with van der Waals surface area (Å²) in [5, 5.41) is 22.4. The molecule has 0 aliphatic heterocycles. The number of hydrogen-bond acceptors (Lipinski definition) is 4. The molecule has 0 bridgehead atoms. The van der Waals surface area contributed by atoms with Crippen LogP contribution in [-0.2, 0) is 6.18 Å². The van der Waals surface area contributed by atoms with Crippen molar-refractivity contribution in [3.05, 3.63) is 40.0 Å². The summed E-state index contributed by atoms with van der Waals surface area (Å²) < 4.78 is 37.3. The standard InChI is InChI=1S/C10H11F3N4O2/c11-10(12,13)7-3-6(4-15-5-7)9(19)8(18)1-2-16-17-14/h3-5,8-9,18-19H,1-2H2. The second kappa shape index (κ2) is 6.37. The van der Waals surface area contributed by atoms with Crippen molar-refractivity contribution in [3.63, 3.8) is 0 Å². The minimum atomic E-state index is -4.57. The van der Waals surface area contributed by atoms with Gasteiger partial charge in [0.15, 0.2) is 0 Å². The Morgan fingerprint density at radius 3 is 2.63 bits per heavy atom. The fourth-order valence-corrected chi connectivity index (χ4v) is 1.39. The van der Waals surface area contributed by atoms with E-state index >= 15 is 0 Å². The van der Waals surface area contributed by atoms with Crippen molar-refractivity contribution in [1.82, 2.24) is 4.98 Å². The van der Waals surface area contributed by atoms with Gasteiger partial charge in [-0.1, -0.05) is 5.11 Å². The summed E-state index contributed by atoms with van der Waals surface area (Å²) in [4.78, 5) is 5.84. The lowest BCUT2D eigenvalue weighted by molar-refractivity contribution is -0.138. The fourth-order valence-electron chi connectivity index (χ4n) is 1.39. The predicted octanol–water partition coefficient (Wildman–Crippen LogP) is 2.20. The van der Waals surface area contributed by atoms with E-state index in [4.69, 9.17) is 5.53 Å². The average Bonchev–Trinajstić information content (AvgIpc) is 2.37. The van der Waals surface area contributed by atoms with E-state index in [1.807, 2.05) is 0 Å². The molecule has 1 rings (SSSR count). The normalized spacial score (nSPS) is 14.6. The monoisotopic (exact) mass is 276 g/mol. The Hall–Kier alpha value is -1.83. The van der Waals surface area contributed by atoms with Gasteiger partial charge in [0.05, 0.1) is 11.7 Å². The molecule has 6 nitrogen and oxygen atoms in total. The number of aromatic nitrogens is 1. The second-order valence-corrected chi connectivity index (χ2v) is 3.76. The number of alkyl halides is 3. The first kappa shape index (κ1) is 15.2. The number of nitrogens with zero attached hydrogens (tertiary/aromatic N) is 4. The smallest absolute Gasteiger partial charge is 0.390 e. The van der Waals surface area contributed by atoms with Gasteiger partial charge in [-0.05, 0) is 18.0 Å². The number of aliphatic hydroxyl groups excluding tert-OH is 2. The number of pyridine rings is 1. The lowest BCUT2D eigenvalue weighted by Crippen LogP contribution is -2.20. The molecule has 2 atom stereocenters. The largest absolute Gasteiger partial charge is 0.417 e. The van der Waals surface area contributed by atoms with Gasteiger partial charge in [-0.15, -0.1) is 0 Å². The minimum Gasteiger partial charge on any atom is -0.390 e. The molecule has 0 amide bonds. The molecule has 1 aromatic heterocycles. The van der Waals surface area contributed by atoms with Crippen LogP contribution in [0.25, 0.3) is 10.4 Å². The SMILES string of the molecule is [N-]=[N+]=NCCC(O)C(O)c1cncc(C(F)(F)F)c1. The zero-order valence-electron chi connectivity index (χ0n) is 9.62. The van der Waals surface area contributed by atoms with E-state index in [1.165, 1.54) is 0 Å². The molecule has 104 valence electrons. The summed E-state index contributed by atoms with van der Waals surface area (Å²) in [6.45, 7) is -0.0683. The highest BCUT2D eigenvalue weighted by atomic mass is 19.4. The number of azide groups is 1. The van der Waals surface area contributed by atoms with Crippen LogP contribution in [0.15, 0.2) is 23.6 Å². The summed E-state index contributed by atoms with van der Waals surface area (Å²) in [6, 6.07) is 0.717. The number of aliphatic hydroxyl groups is 2. The van der Waals surface area contributed by atoms with Crippen molar-refractivity contribution in [2.24, 2.45) is 5.11 Å². The molecule has 0 aromatic carbocycles. The average molecular weight is 276 g/mol. The first-order valence-electron chi connectivity index (χ1n) is 5.25. The summed E-state index contributed by atoms with van der Waals surface area (Å²) in [6.07, 6.45) is -5.83. The quantitative estimate of drug-likeness (QED) is 0.489. The maximum absolute atomic E-state index is 12.4. The number of rotatable bonds is 5. The van der Waals surface area contributed by atoms with E-state index in [9.17, 15) is 23.4 Å². The van der Waals surface area contributed by atoms with Crippen LogP contribution in [0.4, 0.5) is 13.2 Å². The zero-order valence-corrected chi connectivity index (χ0v) is 9.62. The van der Waals surface area contributed by atoms with Gasteiger partial charge in [-0.3, -0.25) is 4.98 Å². The molecule has 19 heavy (non-hydrogen) atoms. The zero-order chi connectivity index (χ0) is 14.5. The molecular weight excluding hydrogens is 265 g/mol. The van der Waals surface area contributed by atoms with Gasteiger partial charge in [0.25, 0.3) is 0 Å². The van der Waals surface area contributed by atoms with Crippen molar-refractivity contribution in [3.8, 4) is 0 Å². The molecule has 0 radical (unpaired) electrons. The van der Waals surface area contributed by atoms with Gasteiger partial charge in [0.2, 0.25) is 0 Å². The van der Waals surface area contributed by atoms with Crippen LogP contribution in [0.1, 0.15) is 23.7 Å². The molecule has 0 aliphatic carbocycles. The van der Waals surface area contributed by atoms with Crippen molar-refractivity contribution in [2.45, 2.75) is 24.8 Å². The van der Waals surface area contributed by atoms with Crippen LogP contribution in [-0.4, -0.2) is 27.8 Å². The van der Waals surface area contributed by atoms with E-state index < -0.39 is 23.9 Å². The van der Waals surface area contributed by atoms with Crippen LogP contribution in [0.2, 0.25) is 0 Å². The lowest BCUT2D eigenvalue weighted by atomic mass is 10.0. The predicted molar refractivity (Wildman–Crippen MR) is 58.8 cm³/mol. The van der Waals surface area contributed by atoms with Gasteiger partial charge in [-0.2, -0.15) is 13.2 Å². The van der Waals surface area contributed by atoms with Crippen molar-refractivity contribution in [1.29, 1.82) is 0 Å². The second-order valence-electron chi connectivity index (χ2n) is 3.76. The summed E-state index contributed by atoms with van der Waals surface area (Å²) >= 11 is 0. The van der Waals surface area contributed by atoms with Crippen molar-refractivity contribution < 1.29 is 23.4 Å². The highest BCUT2D eigenvalue weighted by Crippen LogP contribution is 2.30. The molecule has 1 aromatic rings. The van der Waals surface area contributed by atoms with E-state index in [2.05, 4.69) is 15.0 Å². The lowest BCUT2D eigenvalue weighted by Gasteiger charge is -2.18. The van der Waals surface area contributed by atoms with Crippen LogP contribution in [0.5, 0.6) is 0 Å². The van der Waals surface area contributed by atoms with Gasteiger partial charge < -0.3 is 10.2 Å². The van der Waals surface area contributed by atoms with Gasteiger partial charge in [0, 0.05) is 29.4 Å². The van der Waals surface area contributed by atoms with E-state index in [0.29, 0.717) is 12.3 Å². The van der Waals surface area contributed by atoms with Gasteiger partial charge in [0.1, 0.15) is 6.10 Å². The minimum absolute atomic E-state index is 0.0680. The topological polar surface area (TPSA) is 102 Å². The summed E-state index contributed by atoms with van der Waals surface area (Å²) in [5.74, 6) is 0. The molecule has 0 spiro atoms. The Labute approximate surface area is 106 Å². The molecule has 2 unspecified atom stereocenters. The molecule has 0 saturated heterocycles. The van der Waals surface area contributed by atoms with Crippen molar-refractivity contribution in [2.75, 3.05) is 6.54 Å². The molecule has 1 heterocycles. The van der Waals surface area contributed by atoms with Crippen LogP contribution in [0.3, 0.4) is 0 Å². The Kier molecular flexibility index (Phi) is 5.11. The third kappa shape index (κ3) is 4.40. The Bertz CT molecular complexity index is 474. The van der Waals surface area contributed by atoms with Crippen LogP contribution < -0.4 is 0 Å². The van der Waals surface area contributed by atoms with Gasteiger partial charge >= 0.3 is 6.18 Å². The molecule has 2 N–H and O–H groups in total. The molecular formula is C10H11F3N4O2. The van der Waals surface area contributed by atoms with Crippen LogP contribution in [0, 0.1) is 0 Å². The first-order valence-corrected chi connectivity index (χ1v) is 5.25. The van der Waals surface area contributed by atoms with Gasteiger partial charge in [-0.25, -0.2) is 0 Å². The maximum Gasteiger partial charge on any atom is 0.417 e. The molecule has 9 heteroatoms. The summed E-state index contributed by atoms with van der Waals surface area (Å²) in [7, 11) is 0. The molecule has 0 saturated carbocycles. The van der Waals surface area contributed by atoms with E-state index in [1.54, 1.807) is 0 Å². The third-order valence-corrected chi connectivity index (χ3v) is 2.38. The number of hydrogen-bond donors (Lipinski definition) is 2. The third-order valence-electron chi connectivity index (χ3n) is 2.38. The Balaban J connectivity index is 2.81. The first-order chi connectivity index (χ1) is 8.86. The van der Waals surface area contributed by atoms with Crippen LogP contribution >= 0.6 is 0 Å². The Morgan fingerprint density at radius 1 is 1.37 bits per heavy atom. The molecule has 0 fully saturated rings. The Morgan fingerprint density at radius 2 is 2.05 bits per heavy atom.